The van der Waals surface area contributed by atoms with E-state index in [-0.39, 0.29) is 23.0 Å². The molecule has 0 N–H and O–H groups in total. The van der Waals surface area contributed by atoms with Crippen LogP contribution in [0.25, 0.3) is 0 Å². The predicted molar refractivity (Wildman–Crippen MR) is 107 cm³/mol. The fraction of sp³-hybridized carbons (Fsp3) is 0.474. The first-order valence-electron chi connectivity index (χ1n) is 9.04. The molecule has 27 heavy (non-hydrogen) atoms. The van der Waals surface area contributed by atoms with Gasteiger partial charge in [0.1, 0.15) is 0 Å². The average Bonchev–Trinajstić information content (AvgIpc) is 3.05. The Morgan fingerprint density at radius 2 is 1.78 bits per heavy atom. The Balaban J connectivity index is 1.47. The second kappa shape index (κ2) is 8.50. The minimum Gasteiger partial charge on any atom is -0.340 e. The maximum absolute atomic E-state index is 12.4. The van der Waals surface area contributed by atoms with Crippen LogP contribution in [0, 0.1) is 13.8 Å². The number of hydrogen-bond donors (Lipinski definition) is 0. The number of carbonyl (C=O) groups is 1. The van der Waals surface area contributed by atoms with Crippen LogP contribution in [0.4, 0.5) is 0 Å². The molecule has 8 heteroatoms. The highest BCUT2D eigenvalue weighted by molar-refractivity contribution is 7.91. The molecule has 146 valence electrons. The molecule has 1 aliphatic rings. The Morgan fingerprint density at radius 1 is 1.11 bits per heavy atom. The van der Waals surface area contributed by atoms with Gasteiger partial charge in [0.15, 0.2) is 9.84 Å². The standard InChI is InChI=1S/C19H25N3O3S2/c1-15-3-5-18(6-4-15)27(24,25)12-7-19(23)22-10-8-21(9-11-22)13-17-14-26-16(2)20-17/h3-6,14H,7-13H2,1-2H3. The van der Waals surface area contributed by atoms with Gasteiger partial charge in [-0.1, -0.05) is 17.7 Å². The summed E-state index contributed by atoms with van der Waals surface area (Å²) >= 11 is 1.65. The third-order valence-electron chi connectivity index (χ3n) is 4.74. The quantitative estimate of drug-likeness (QED) is 0.735. The van der Waals surface area contributed by atoms with Gasteiger partial charge >= 0.3 is 0 Å². The van der Waals surface area contributed by atoms with Gasteiger partial charge in [0.2, 0.25) is 5.91 Å². The van der Waals surface area contributed by atoms with Crippen molar-refractivity contribution in [3.05, 3.63) is 45.9 Å². The van der Waals surface area contributed by atoms with Gasteiger partial charge in [-0.15, -0.1) is 11.3 Å². The van der Waals surface area contributed by atoms with E-state index in [0.717, 1.165) is 35.9 Å². The smallest absolute Gasteiger partial charge is 0.223 e. The van der Waals surface area contributed by atoms with Crippen LogP contribution in [0.5, 0.6) is 0 Å². The maximum Gasteiger partial charge on any atom is 0.223 e. The fourth-order valence-corrected chi connectivity index (χ4v) is 4.94. The SMILES string of the molecule is Cc1ccc(S(=O)(=O)CCC(=O)N2CCN(Cc3csc(C)n3)CC2)cc1. The lowest BCUT2D eigenvalue weighted by Gasteiger charge is -2.34. The van der Waals surface area contributed by atoms with Gasteiger partial charge in [-0.2, -0.15) is 0 Å². The number of hydrogen-bond acceptors (Lipinski definition) is 6. The molecule has 1 amide bonds. The summed E-state index contributed by atoms with van der Waals surface area (Å²) in [6.45, 7) is 7.54. The molecule has 0 atom stereocenters. The third-order valence-corrected chi connectivity index (χ3v) is 7.30. The van der Waals surface area contributed by atoms with Crippen molar-refractivity contribution in [1.82, 2.24) is 14.8 Å². The van der Waals surface area contributed by atoms with Crippen molar-refractivity contribution < 1.29 is 13.2 Å². The summed E-state index contributed by atoms with van der Waals surface area (Å²) in [5.74, 6) is -0.234. The molecule has 1 fully saturated rings. The molecule has 2 aromatic rings. The number of nitrogens with zero attached hydrogens (tertiary/aromatic N) is 3. The summed E-state index contributed by atoms with van der Waals surface area (Å²) in [7, 11) is -3.42. The van der Waals surface area contributed by atoms with E-state index in [2.05, 4.69) is 15.3 Å². The molecule has 0 aliphatic carbocycles. The van der Waals surface area contributed by atoms with Crippen molar-refractivity contribution in [3.8, 4) is 0 Å². The van der Waals surface area contributed by atoms with Crippen molar-refractivity contribution in [3.63, 3.8) is 0 Å². The highest BCUT2D eigenvalue weighted by Gasteiger charge is 2.23. The number of amides is 1. The molecule has 0 spiro atoms. The number of rotatable bonds is 6. The number of thiazole rings is 1. The monoisotopic (exact) mass is 407 g/mol. The van der Waals surface area contributed by atoms with E-state index in [1.165, 1.54) is 0 Å². The number of aryl methyl sites for hydroxylation is 2. The number of piperazine rings is 1. The summed E-state index contributed by atoms with van der Waals surface area (Å²) in [6, 6.07) is 6.76. The second-order valence-corrected chi connectivity index (χ2v) is 10.1. The van der Waals surface area contributed by atoms with Crippen molar-refractivity contribution >= 4 is 27.1 Å². The first-order valence-corrected chi connectivity index (χ1v) is 11.6. The van der Waals surface area contributed by atoms with Gasteiger partial charge in [0.25, 0.3) is 0 Å². The molecule has 0 radical (unpaired) electrons. The number of sulfone groups is 1. The van der Waals surface area contributed by atoms with E-state index in [1.807, 2.05) is 13.8 Å². The fourth-order valence-electron chi connectivity index (χ4n) is 3.11. The van der Waals surface area contributed by atoms with Crippen LogP contribution in [-0.4, -0.2) is 61.0 Å². The van der Waals surface area contributed by atoms with Crippen LogP contribution < -0.4 is 0 Å². The van der Waals surface area contributed by atoms with Gasteiger partial charge in [-0.05, 0) is 26.0 Å². The maximum atomic E-state index is 12.4. The highest BCUT2D eigenvalue weighted by atomic mass is 32.2. The second-order valence-electron chi connectivity index (χ2n) is 6.90. The summed E-state index contributed by atoms with van der Waals surface area (Å²) in [5.41, 5.74) is 2.08. The van der Waals surface area contributed by atoms with Crippen LogP contribution in [0.2, 0.25) is 0 Å². The number of carbonyl (C=O) groups excluding carboxylic acids is 1. The lowest BCUT2D eigenvalue weighted by Crippen LogP contribution is -2.48. The molecule has 6 nitrogen and oxygen atoms in total. The largest absolute Gasteiger partial charge is 0.340 e. The Bertz CT molecular complexity index is 883. The predicted octanol–water partition coefficient (Wildman–Crippen LogP) is 2.27. The minimum absolute atomic E-state index is 0.0293. The Kier molecular flexibility index (Phi) is 6.29. The van der Waals surface area contributed by atoms with E-state index >= 15 is 0 Å². The molecule has 1 aromatic carbocycles. The van der Waals surface area contributed by atoms with Crippen molar-refractivity contribution in [2.24, 2.45) is 0 Å². The molecule has 1 aromatic heterocycles. The minimum atomic E-state index is -3.42. The van der Waals surface area contributed by atoms with Gasteiger partial charge in [0, 0.05) is 44.5 Å². The van der Waals surface area contributed by atoms with E-state index in [9.17, 15) is 13.2 Å². The molecular formula is C19H25N3O3S2. The molecule has 1 aliphatic heterocycles. The van der Waals surface area contributed by atoms with E-state index in [1.54, 1.807) is 40.5 Å². The summed E-state index contributed by atoms with van der Waals surface area (Å²) in [5, 5.41) is 3.14. The third kappa shape index (κ3) is 5.37. The van der Waals surface area contributed by atoms with Gasteiger partial charge in [0.05, 0.1) is 21.3 Å². The zero-order valence-electron chi connectivity index (χ0n) is 15.7. The van der Waals surface area contributed by atoms with Gasteiger partial charge < -0.3 is 4.90 Å². The van der Waals surface area contributed by atoms with Crippen LogP contribution in [0.3, 0.4) is 0 Å². The zero-order chi connectivity index (χ0) is 19.4. The van der Waals surface area contributed by atoms with Crippen LogP contribution in [0.1, 0.15) is 22.7 Å². The van der Waals surface area contributed by atoms with E-state index < -0.39 is 9.84 Å². The van der Waals surface area contributed by atoms with Gasteiger partial charge in [-0.25, -0.2) is 13.4 Å². The van der Waals surface area contributed by atoms with E-state index in [0.29, 0.717) is 13.1 Å². The molecule has 1 saturated heterocycles. The van der Waals surface area contributed by atoms with Gasteiger partial charge in [-0.3, -0.25) is 9.69 Å². The highest BCUT2D eigenvalue weighted by Crippen LogP contribution is 2.15. The summed E-state index contributed by atoms with van der Waals surface area (Å²) in [4.78, 5) is 21.2. The lowest BCUT2D eigenvalue weighted by atomic mass is 10.2. The first kappa shape index (κ1) is 20.0. The van der Waals surface area contributed by atoms with E-state index in [4.69, 9.17) is 0 Å². The van der Waals surface area contributed by atoms with Crippen LogP contribution >= 0.6 is 11.3 Å². The van der Waals surface area contributed by atoms with Crippen LogP contribution in [0.15, 0.2) is 34.5 Å². The lowest BCUT2D eigenvalue weighted by molar-refractivity contribution is -0.132. The van der Waals surface area contributed by atoms with Crippen molar-refractivity contribution in [2.75, 3.05) is 31.9 Å². The number of benzene rings is 1. The Morgan fingerprint density at radius 3 is 2.37 bits per heavy atom. The molecule has 0 bridgehead atoms. The average molecular weight is 408 g/mol. The molecule has 0 unspecified atom stereocenters. The van der Waals surface area contributed by atoms with Crippen molar-refractivity contribution in [1.29, 1.82) is 0 Å². The Labute approximate surface area is 164 Å². The molecule has 3 rings (SSSR count). The Hall–Kier alpha value is -1.77. The normalized spacial score (nSPS) is 15.9. The first-order chi connectivity index (χ1) is 12.8. The number of aromatic nitrogens is 1. The summed E-state index contributed by atoms with van der Waals surface area (Å²) < 4.78 is 24.8. The zero-order valence-corrected chi connectivity index (χ0v) is 17.4. The van der Waals surface area contributed by atoms with Crippen LogP contribution in [-0.2, 0) is 21.2 Å². The molecular weight excluding hydrogens is 382 g/mol. The molecule has 0 saturated carbocycles. The topological polar surface area (TPSA) is 70.6 Å². The summed E-state index contributed by atoms with van der Waals surface area (Å²) in [6.07, 6.45) is 0.0293. The van der Waals surface area contributed by atoms with Crippen molar-refractivity contribution in [2.45, 2.75) is 31.7 Å². The molecule has 2 heterocycles.